The third-order valence-corrected chi connectivity index (χ3v) is 13.5. The fraction of sp³-hybridized carbons (Fsp3) is 0.404. The number of aromatic hydroxyl groups is 1. The van der Waals surface area contributed by atoms with E-state index in [2.05, 4.69) is 21.8 Å². The van der Waals surface area contributed by atoms with Crippen LogP contribution in [0.4, 0.5) is 10.2 Å². The number of halogens is 2. The van der Waals surface area contributed by atoms with Crippen molar-refractivity contribution in [3.8, 4) is 28.6 Å². The first-order chi connectivity index (χ1) is 34.9. The number of fused-ring (bicyclic) bond motifs is 3. The van der Waals surface area contributed by atoms with Gasteiger partial charge in [0, 0.05) is 63.2 Å². The Kier molecular flexibility index (Phi) is 15.6. The number of phenols is 1. The average molecular weight is 1010 g/mol. The van der Waals surface area contributed by atoms with Crippen molar-refractivity contribution in [1.82, 2.24) is 30.0 Å². The number of piperidine rings is 2. The fourth-order valence-electron chi connectivity index (χ4n) is 9.66. The summed E-state index contributed by atoms with van der Waals surface area (Å²) in [5.41, 5.74) is 0.870. The van der Waals surface area contributed by atoms with Crippen LogP contribution in [0.25, 0.3) is 32.8 Å². The van der Waals surface area contributed by atoms with Crippen LogP contribution in [0.2, 0.25) is 5.02 Å². The zero-order chi connectivity index (χ0) is 50.5. The summed E-state index contributed by atoms with van der Waals surface area (Å²) in [6, 6.07) is 15.7. The van der Waals surface area contributed by atoms with E-state index in [0.717, 1.165) is 36.2 Å². The van der Waals surface area contributed by atoms with E-state index >= 15 is 4.39 Å². The number of amides is 5. The van der Waals surface area contributed by atoms with E-state index in [0.29, 0.717) is 87.1 Å². The van der Waals surface area contributed by atoms with Gasteiger partial charge in [0.05, 0.1) is 55.3 Å². The molecule has 9 rings (SSSR count). The van der Waals surface area contributed by atoms with Crippen molar-refractivity contribution in [3.63, 3.8) is 0 Å². The Morgan fingerprint density at radius 2 is 1.58 bits per heavy atom. The summed E-state index contributed by atoms with van der Waals surface area (Å²) < 4.78 is 46.6. The summed E-state index contributed by atoms with van der Waals surface area (Å²) >= 11 is 6.91. The summed E-state index contributed by atoms with van der Waals surface area (Å²) in [5.74, 6) is -2.32. The quantitative estimate of drug-likeness (QED) is 0.0593. The van der Waals surface area contributed by atoms with Crippen molar-refractivity contribution in [1.29, 1.82) is 0 Å². The third kappa shape index (κ3) is 11.0. The Labute approximate surface area is 419 Å². The molecule has 3 saturated heterocycles. The molecular weight excluding hydrogens is 953 g/mol. The summed E-state index contributed by atoms with van der Waals surface area (Å²) in [6.45, 7) is 11.4. The highest BCUT2D eigenvalue weighted by atomic mass is 35.5. The van der Waals surface area contributed by atoms with Gasteiger partial charge in [0.25, 0.3) is 11.8 Å². The van der Waals surface area contributed by atoms with Crippen LogP contribution >= 0.6 is 11.6 Å². The second-order valence-corrected chi connectivity index (χ2v) is 18.4. The SMILES string of the molecule is C=CC(=O)N1CCN(c2nc(OC(C)CN3CCC(OCCOCCOCCOc4ccc5c(c4)C(=O)N(C4CCC(=O)NC4=O)C5=O)CC3)nc3c(F)c(-c4cc(O)cc5ccccc45)c(Cl)cc23)CC1. The molecule has 378 valence electrons. The minimum Gasteiger partial charge on any atom is -0.508 e. The minimum absolute atomic E-state index is 0.00986. The molecule has 0 saturated carbocycles. The number of benzene rings is 4. The Bertz CT molecular complexity index is 2910. The lowest BCUT2D eigenvalue weighted by molar-refractivity contribution is -0.136. The number of likely N-dealkylation sites (tertiary alicyclic amines) is 1. The van der Waals surface area contributed by atoms with E-state index in [9.17, 15) is 29.1 Å². The van der Waals surface area contributed by atoms with Crippen LogP contribution in [0.1, 0.15) is 53.3 Å². The molecule has 4 aliphatic rings. The summed E-state index contributed by atoms with van der Waals surface area (Å²) in [5, 5.41) is 14.8. The number of carbonyl (C=O) groups excluding carboxylic acids is 5. The molecule has 0 bridgehead atoms. The molecule has 5 heterocycles. The molecule has 0 aliphatic carbocycles. The van der Waals surface area contributed by atoms with Gasteiger partial charge in [0.1, 0.15) is 41.6 Å². The van der Waals surface area contributed by atoms with Crippen LogP contribution in [0.3, 0.4) is 0 Å². The normalized spacial score (nSPS) is 18.2. The first kappa shape index (κ1) is 50.2. The molecule has 2 N–H and O–H groups in total. The van der Waals surface area contributed by atoms with Gasteiger partial charge in [-0.3, -0.25) is 39.1 Å². The molecular formula is C52H55ClFN7O11. The number of aromatic nitrogens is 2. The van der Waals surface area contributed by atoms with Gasteiger partial charge in [-0.2, -0.15) is 9.97 Å². The molecule has 72 heavy (non-hydrogen) atoms. The molecule has 1 aromatic heterocycles. The Balaban J connectivity index is 0.718. The number of imide groups is 2. The van der Waals surface area contributed by atoms with Gasteiger partial charge in [-0.1, -0.05) is 42.4 Å². The molecule has 2 unspecified atom stereocenters. The van der Waals surface area contributed by atoms with Crippen LogP contribution in [0.5, 0.6) is 17.5 Å². The van der Waals surface area contributed by atoms with Crippen molar-refractivity contribution in [3.05, 3.63) is 95.3 Å². The van der Waals surface area contributed by atoms with Crippen molar-refractivity contribution in [2.45, 2.75) is 50.9 Å². The molecule has 20 heteroatoms. The van der Waals surface area contributed by atoms with Gasteiger partial charge in [-0.25, -0.2) is 4.39 Å². The smallest absolute Gasteiger partial charge is 0.319 e. The number of hydrogen-bond donors (Lipinski definition) is 2. The van der Waals surface area contributed by atoms with Gasteiger partial charge in [0.15, 0.2) is 5.82 Å². The monoisotopic (exact) mass is 1010 g/mol. The molecule has 2 atom stereocenters. The number of rotatable bonds is 19. The van der Waals surface area contributed by atoms with E-state index in [4.69, 9.17) is 40.3 Å². The highest BCUT2D eigenvalue weighted by Crippen LogP contribution is 2.43. The number of piperazine rings is 1. The van der Waals surface area contributed by atoms with E-state index in [1.807, 2.05) is 36.1 Å². The van der Waals surface area contributed by atoms with E-state index in [1.165, 1.54) is 24.3 Å². The molecule has 4 aromatic carbocycles. The molecule has 5 aromatic rings. The summed E-state index contributed by atoms with van der Waals surface area (Å²) in [4.78, 5) is 78.6. The topological polar surface area (TPSA) is 202 Å². The van der Waals surface area contributed by atoms with Gasteiger partial charge in [-0.05, 0) is 85.0 Å². The maximum Gasteiger partial charge on any atom is 0.319 e. The van der Waals surface area contributed by atoms with Crippen LogP contribution in [-0.4, -0.2) is 163 Å². The van der Waals surface area contributed by atoms with E-state index in [-0.39, 0.29) is 83.2 Å². The number of nitrogens with zero attached hydrogens (tertiary/aromatic N) is 6. The van der Waals surface area contributed by atoms with Crippen molar-refractivity contribution in [2.24, 2.45) is 0 Å². The standard InChI is InChI=1S/C52H55ClFN7O11/c1-3-44(64)59-16-18-60(19-17-59)48-40-29-41(53)45(38-27-33(62)26-32-6-4-5-7-36(32)38)46(54)47(40)56-52(57-48)72-31(2)30-58-14-12-34(13-15-58)70-24-22-68-20-21-69-23-25-71-35-8-9-37-39(28-35)51(67)61(50(37)66)42-10-11-43(63)55-49(42)65/h3-9,26-29,31,34,42,62H,1,10-25,30H2,2H3,(H,55,63,65). The number of phenolic OH excluding ortho intramolecular Hbond substituents is 1. The first-order valence-corrected chi connectivity index (χ1v) is 24.5. The fourth-order valence-corrected chi connectivity index (χ4v) is 9.96. The second kappa shape index (κ2) is 22.3. The minimum atomic E-state index is -1.04. The average Bonchev–Trinajstić information content (AvgIpc) is 3.61. The van der Waals surface area contributed by atoms with Crippen molar-refractivity contribution in [2.75, 3.05) is 90.4 Å². The lowest BCUT2D eigenvalue weighted by Gasteiger charge is -2.35. The Morgan fingerprint density at radius 1 is 0.861 bits per heavy atom. The lowest BCUT2D eigenvalue weighted by atomic mass is 9.96. The van der Waals surface area contributed by atoms with Crippen molar-refractivity contribution >= 4 is 68.6 Å². The predicted octanol–water partition coefficient (Wildman–Crippen LogP) is 5.54. The zero-order valence-corrected chi connectivity index (χ0v) is 40.5. The lowest BCUT2D eigenvalue weighted by Crippen LogP contribution is -2.54. The number of ether oxygens (including phenoxy) is 5. The number of nitrogens with one attached hydrogen (secondary N) is 1. The van der Waals surface area contributed by atoms with Gasteiger partial charge >= 0.3 is 6.01 Å². The molecule has 0 spiro atoms. The van der Waals surface area contributed by atoms with Crippen LogP contribution in [0, 0.1) is 5.82 Å². The van der Waals surface area contributed by atoms with E-state index < -0.39 is 35.5 Å². The molecule has 18 nitrogen and oxygen atoms in total. The highest BCUT2D eigenvalue weighted by Gasteiger charge is 2.45. The van der Waals surface area contributed by atoms with Crippen LogP contribution in [-0.2, 0) is 28.6 Å². The number of hydrogen-bond acceptors (Lipinski definition) is 15. The van der Waals surface area contributed by atoms with Crippen molar-refractivity contribution < 1.29 is 57.2 Å². The van der Waals surface area contributed by atoms with Gasteiger partial charge in [0.2, 0.25) is 17.7 Å². The number of carbonyl (C=O) groups is 5. The van der Waals surface area contributed by atoms with Crippen LogP contribution < -0.4 is 19.7 Å². The predicted molar refractivity (Wildman–Crippen MR) is 264 cm³/mol. The van der Waals surface area contributed by atoms with Crippen LogP contribution in [0.15, 0.2) is 73.3 Å². The van der Waals surface area contributed by atoms with E-state index in [1.54, 1.807) is 23.1 Å². The molecule has 4 aliphatic heterocycles. The molecule has 0 radical (unpaired) electrons. The third-order valence-electron chi connectivity index (χ3n) is 13.2. The first-order valence-electron chi connectivity index (χ1n) is 24.1. The Morgan fingerprint density at radius 3 is 2.33 bits per heavy atom. The van der Waals surface area contributed by atoms with Gasteiger partial charge < -0.3 is 38.6 Å². The molecule has 3 fully saturated rings. The summed E-state index contributed by atoms with van der Waals surface area (Å²) in [6.07, 6.45) is 2.76. The maximum absolute atomic E-state index is 17.1. The Hall–Kier alpha value is -6.77. The largest absolute Gasteiger partial charge is 0.508 e. The number of anilines is 1. The highest BCUT2D eigenvalue weighted by molar-refractivity contribution is 6.35. The molecule has 5 amide bonds. The zero-order valence-electron chi connectivity index (χ0n) is 39.8. The maximum atomic E-state index is 17.1. The second-order valence-electron chi connectivity index (χ2n) is 18.0. The summed E-state index contributed by atoms with van der Waals surface area (Å²) in [7, 11) is 0. The van der Waals surface area contributed by atoms with Gasteiger partial charge in [-0.15, -0.1) is 0 Å².